The van der Waals surface area contributed by atoms with Crippen molar-refractivity contribution >= 4 is 5.69 Å². The maximum Gasteiger partial charge on any atom is 0.0991 e. The van der Waals surface area contributed by atoms with Crippen LogP contribution in [-0.2, 0) is 6.54 Å². The normalized spacial score (nSPS) is 18.0. The number of piperazine rings is 1. The molecule has 1 unspecified atom stereocenters. The minimum atomic E-state index is 0.421. The predicted molar refractivity (Wildman–Crippen MR) is 94.4 cm³/mol. The third-order valence-corrected chi connectivity index (χ3v) is 4.53. The summed E-state index contributed by atoms with van der Waals surface area (Å²) in [6.07, 6.45) is 0. The van der Waals surface area contributed by atoms with E-state index in [1.807, 2.05) is 48.5 Å². The molecule has 4 heteroatoms. The van der Waals surface area contributed by atoms with Gasteiger partial charge in [-0.15, -0.1) is 0 Å². The molecule has 120 valence electrons. The summed E-state index contributed by atoms with van der Waals surface area (Å²) in [4.78, 5) is 4.85. The van der Waals surface area contributed by atoms with Crippen LogP contribution in [0.25, 0.3) is 0 Å². The van der Waals surface area contributed by atoms with E-state index in [1.54, 1.807) is 0 Å². The lowest BCUT2D eigenvalue weighted by atomic mass is 10.1. The van der Waals surface area contributed by atoms with Crippen LogP contribution in [0.2, 0.25) is 0 Å². The van der Waals surface area contributed by atoms with Crippen LogP contribution in [0.15, 0.2) is 48.5 Å². The molecule has 3 rings (SSSR count). The van der Waals surface area contributed by atoms with Gasteiger partial charge in [-0.2, -0.15) is 10.5 Å². The largest absolute Gasteiger partial charge is 0.366 e. The molecule has 0 amide bonds. The third kappa shape index (κ3) is 3.56. The molecule has 1 heterocycles. The average molecular weight is 316 g/mol. The van der Waals surface area contributed by atoms with Gasteiger partial charge < -0.3 is 4.90 Å². The highest BCUT2D eigenvalue weighted by Gasteiger charge is 2.23. The van der Waals surface area contributed by atoms with Crippen molar-refractivity contribution in [1.82, 2.24) is 4.90 Å². The molecule has 1 aliphatic heterocycles. The maximum absolute atomic E-state index is 8.91. The van der Waals surface area contributed by atoms with Crippen molar-refractivity contribution in [1.29, 1.82) is 10.5 Å². The van der Waals surface area contributed by atoms with Crippen molar-refractivity contribution in [2.75, 3.05) is 24.5 Å². The third-order valence-electron chi connectivity index (χ3n) is 4.53. The zero-order valence-corrected chi connectivity index (χ0v) is 13.8. The smallest absolute Gasteiger partial charge is 0.0991 e. The standard InChI is InChI=1S/C20H20N4/c1-16-14-23(15-19-4-2-17(12-21)3-5-19)10-11-24(16)20-8-6-18(13-22)7-9-20/h2-9,16H,10-11,14-15H2,1H3. The number of anilines is 1. The molecule has 0 spiro atoms. The predicted octanol–water partition coefficient (Wildman–Crippen LogP) is 3.14. The number of nitriles is 2. The lowest BCUT2D eigenvalue weighted by Gasteiger charge is -2.41. The van der Waals surface area contributed by atoms with Gasteiger partial charge in [-0.05, 0) is 48.9 Å². The highest BCUT2D eigenvalue weighted by Crippen LogP contribution is 2.22. The summed E-state index contributed by atoms with van der Waals surface area (Å²) in [5, 5.41) is 17.8. The Labute approximate surface area is 143 Å². The first-order valence-electron chi connectivity index (χ1n) is 8.18. The second kappa shape index (κ2) is 7.17. The Morgan fingerprint density at radius 2 is 1.50 bits per heavy atom. The number of benzene rings is 2. The number of nitrogens with zero attached hydrogens (tertiary/aromatic N) is 4. The van der Waals surface area contributed by atoms with Crippen molar-refractivity contribution in [2.45, 2.75) is 19.5 Å². The maximum atomic E-state index is 8.91. The first kappa shape index (κ1) is 16.1. The molecule has 0 aromatic heterocycles. The SMILES string of the molecule is CC1CN(Cc2ccc(C#N)cc2)CCN1c1ccc(C#N)cc1. The van der Waals surface area contributed by atoms with E-state index in [4.69, 9.17) is 10.5 Å². The van der Waals surface area contributed by atoms with Crippen molar-refractivity contribution in [2.24, 2.45) is 0 Å². The Morgan fingerprint density at radius 3 is 2.04 bits per heavy atom. The molecule has 2 aromatic rings. The van der Waals surface area contributed by atoms with Crippen LogP contribution in [0.4, 0.5) is 5.69 Å². The van der Waals surface area contributed by atoms with Crippen LogP contribution in [0.1, 0.15) is 23.6 Å². The Bertz CT molecular complexity index is 765. The van der Waals surface area contributed by atoms with Gasteiger partial charge >= 0.3 is 0 Å². The summed E-state index contributed by atoms with van der Waals surface area (Å²) in [5.41, 5.74) is 3.83. The number of hydrogen-bond donors (Lipinski definition) is 0. The minimum Gasteiger partial charge on any atom is -0.366 e. The molecule has 0 aliphatic carbocycles. The first-order valence-corrected chi connectivity index (χ1v) is 8.18. The molecule has 1 saturated heterocycles. The van der Waals surface area contributed by atoms with Crippen molar-refractivity contribution < 1.29 is 0 Å². The van der Waals surface area contributed by atoms with E-state index in [0.717, 1.165) is 26.2 Å². The van der Waals surface area contributed by atoms with Gasteiger partial charge in [-0.1, -0.05) is 12.1 Å². The van der Waals surface area contributed by atoms with Crippen molar-refractivity contribution in [3.8, 4) is 12.1 Å². The van der Waals surface area contributed by atoms with Gasteiger partial charge in [-0.3, -0.25) is 4.90 Å². The minimum absolute atomic E-state index is 0.421. The zero-order chi connectivity index (χ0) is 16.9. The lowest BCUT2D eigenvalue weighted by molar-refractivity contribution is 0.221. The van der Waals surface area contributed by atoms with Gasteiger partial charge in [0.15, 0.2) is 0 Å². The second-order valence-corrected chi connectivity index (χ2v) is 6.24. The van der Waals surface area contributed by atoms with E-state index < -0.39 is 0 Å². The molecule has 0 N–H and O–H groups in total. The van der Waals surface area contributed by atoms with Gasteiger partial charge in [0.25, 0.3) is 0 Å². The summed E-state index contributed by atoms with van der Waals surface area (Å²) in [6, 6.07) is 20.4. The van der Waals surface area contributed by atoms with Crippen LogP contribution < -0.4 is 4.90 Å². The van der Waals surface area contributed by atoms with E-state index >= 15 is 0 Å². The fourth-order valence-corrected chi connectivity index (χ4v) is 3.23. The summed E-state index contributed by atoms with van der Waals surface area (Å²) in [5.74, 6) is 0. The molecular weight excluding hydrogens is 296 g/mol. The molecule has 0 radical (unpaired) electrons. The quantitative estimate of drug-likeness (QED) is 0.873. The van der Waals surface area contributed by atoms with E-state index in [1.165, 1.54) is 11.3 Å². The molecule has 2 aromatic carbocycles. The summed E-state index contributed by atoms with van der Waals surface area (Å²) in [6.45, 7) is 6.13. The topological polar surface area (TPSA) is 54.1 Å². The Morgan fingerprint density at radius 1 is 0.917 bits per heavy atom. The van der Waals surface area contributed by atoms with Crippen LogP contribution in [-0.4, -0.2) is 30.6 Å². The van der Waals surface area contributed by atoms with E-state index in [9.17, 15) is 0 Å². The van der Waals surface area contributed by atoms with Gasteiger partial charge in [-0.25, -0.2) is 0 Å². The molecule has 0 saturated carbocycles. The molecule has 1 fully saturated rings. The summed E-state index contributed by atoms with van der Waals surface area (Å²) >= 11 is 0. The fourth-order valence-electron chi connectivity index (χ4n) is 3.23. The second-order valence-electron chi connectivity index (χ2n) is 6.24. The highest BCUT2D eigenvalue weighted by molar-refractivity contribution is 5.51. The van der Waals surface area contributed by atoms with Crippen molar-refractivity contribution in [3.05, 3.63) is 65.2 Å². The van der Waals surface area contributed by atoms with Crippen LogP contribution >= 0.6 is 0 Å². The zero-order valence-electron chi connectivity index (χ0n) is 13.8. The van der Waals surface area contributed by atoms with Gasteiger partial charge in [0.2, 0.25) is 0 Å². The van der Waals surface area contributed by atoms with Crippen LogP contribution in [0, 0.1) is 22.7 Å². The average Bonchev–Trinajstić information content (AvgIpc) is 2.63. The fraction of sp³-hybridized carbons (Fsp3) is 0.300. The summed E-state index contributed by atoms with van der Waals surface area (Å²) in [7, 11) is 0. The molecular formula is C20H20N4. The van der Waals surface area contributed by atoms with E-state index in [2.05, 4.69) is 28.9 Å². The molecule has 0 bridgehead atoms. The van der Waals surface area contributed by atoms with Crippen LogP contribution in [0.5, 0.6) is 0 Å². The summed E-state index contributed by atoms with van der Waals surface area (Å²) < 4.78 is 0. The first-order chi connectivity index (χ1) is 11.7. The number of hydrogen-bond acceptors (Lipinski definition) is 4. The van der Waals surface area contributed by atoms with E-state index in [0.29, 0.717) is 17.2 Å². The van der Waals surface area contributed by atoms with Crippen molar-refractivity contribution in [3.63, 3.8) is 0 Å². The molecule has 1 aliphatic rings. The Kier molecular flexibility index (Phi) is 4.79. The molecule has 4 nitrogen and oxygen atoms in total. The van der Waals surface area contributed by atoms with E-state index in [-0.39, 0.29) is 0 Å². The molecule has 1 atom stereocenters. The van der Waals surface area contributed by atoms with Gasteiger partial charge in [0.1, 0.15) is 0 Å². The van der Waals surface area contributed by atoms with Gasteiger partial charge in [0.05, 0.1) is 23.3 Å². The molecule has 24 heavy (non-hydrogen) atoms. The van der Waals surface area contributed by atoms with Gasteiger partial charge in [0, 0.05) is 37.9 Å². The number of rotatable bonds is 3. The van der Waals surface area contributed by atoms with Crippen LogP contribution in [0.3, 0.4) is 0 Å². The highest BCUT2D eigenvalue weighted by atomic mass is 15.3. The Balaban J connectivity index is 1.62. The lowest BCUT2D eigenvalue weighted by Crippen LogP contribution is -2.51. The Hall–Kier alpha value is -2.82. The monoisotopic (exact) mass is 316 g/mol.